The van der Waals surface area contributed by atoms with E-state index in [9.17, 15) is 9.59 Å². The lowest BCUT2D eigenvalue weighted by atomic mass is 10.0. The first-order chi connectivity index (χ1) is 7.15. The first-order valence-electron chi connectivity index (χ1n) is 5.41. The molecule has 0 aliphatic carbocycles. The van der Waals surface area contributed by atoms with Gasteiger partial charge in [-0.15, -0.1) is 0 Å². The van der Waals surface area contributed by atoms with E-state index in [4.69, 9.17) is 5.11 Å². The molecule has 2 atom stereocenters. The fraction of sp³-hybridized carbons (Fsp3) is 0.800. The SMILES string of the molecule is CC[C@H](NC(=O)C1CCCCN1)C(=O)O. The summed E-state index contributed by atoms with van der Waals surface area (Å²) < 4.78 is 0. The van der Waals surface area contributed by atoms with Gasteiger partial charge in [-0.2, -0.15) is 0 Å². The zero-order valence-corrected chi connectivity index (χ0v) is 8.95. The molecular formula is C10H18N2O3. The number of carboxylic acids is 1. The standard InChI is InChI=1S/C10H18N2O3/c1-2-7(10(14)15)12-9(13)8-5-3-4-6-11-8/h7-8,11H,2-6H2,1H3,(H,12,13)(H,14,15)/t7-,8?/m0/s1. The second-order valence-corrected chi connectivity index (χ2v) is 3.81. The quantitative estimate of drug-likeness (QED) is 0.620. The third-order valence-corrected chi connectivity index (χ3v) is 2.65. The van der Waals surface area contributed by atoms with Crippen molar-refractivity contribution < 1.29 is 14.7 Å². The van der Waals surface area contributed by atoms with Crippen molar-refractivity contribution in [3.63, 3.8) is 0 Å². The molecule has 0 aromatic carbocycles. The summed E-state index contributed by atoms with van der Waals surface area (Å²) in [6.45, 7) is 2.58. The van der Waals surface area contributed by atoms with Gasteiger partial charge in [0.25, 0.3) is 0 Å². The number of hydrogen-bond donors (Lipinski definition) is 3. The minimum Gasteiger partial charge on any atom is -0.480 e. The molecule has 0 saturated carbocycles. The Labute approximate surface area is 89.2 Å². The molecule has 15 heavy (non-hydrogen) atoms. The predicted molar refractivity (Wildman–Crippen MR) is 55.5 cm³/mol. The Balaban J connectivity index is 2.42. The molecule has 1 rings (SSSR count). The van der Waals surface area contributed by atoms with Crippen LogP contribution in [0.4, 0.5) is 0 Å². The second kappa shape index (κ2) is 5.70. The Morgan fingerprint density at radius 3 is 2.73 bits per heavy atom. The molecule has 1 fully saturated rings. The van der Waals surface area contributed by atoms with Crippen LogP contribution in [-0.2, 0) is 9.59 Å². The number of piperidine rings is 1. The summed E-state index contributed by atoms with van der Waals surface area (Å²) in [5.41, 5.74) is 0. The number of carbonyl (C=O) groups excluding carboxylic acids is 1. The Morgan fingerprint density at radius 2 is 2.27 bits per heavy atom. The number of nitrogens with one attached hydrogen (secondary N) is 2. The van der Waals surface area contributed by atoms with Crippen LogP contribution in [0, 0.1) is 0 Å². The van der Waals surface area contributed by atoms with Crippen LogP contribution >= 0.6 is 0 Å². The molecular weight excluding hydrogens is 196 g/mol. The zero-order chi connectivity index (χ0) is 11.3. The van der Waals surface area contributed by atoms with Crippen LogP contribution in [0.25, 0.3) is 0 Å². The number of aliphatic carboxylic acids is 1. The number of carbonyl (C=O) groups is 2. The van der Waals surface area contributed by atoms with Crippen LogP contribution in [0.1, 0.15) is 32.6 Å². The average Bonchev–Trinajstić information content (AvgIpc) is 2.26. The van der Waals surface area contributed by atoms with Crippen LogP contribution in [-0.4, -0.2) is 35.6 Å². The van der Waals surface area contributed by atoms with Gasteiger partial charge in [-0.25, -0.2) is 4.79 Å². The van der Waals surface area contributed by atoms with Crippen LogP contribution in [0.5, 0.6) is 0 Å². The van der Waals surface area contributed by atoms with E-state index in [2.05, 4.69) is 10.6 Å². The van der Waals surface area contributed by atoms with Crippen LogP contribution < -0.4 is 10.6 Å². The fourth-order valence-electron chi connectivity index (χ4n) is 1.69. The first kappa shape index (κ1) is 12.0. The minimum absolute atomic E-state index is 0.191. The molecule has 0 bridgehead atoms. The Kier molecular flexibility index (Phi) is 4.55. The predicted octanol–water partition coefficient (Wildman–Crippen LogP) is 0.108. The van der Waals surface area contributed by atoms with Crippen molar-refractivity contribution in [2.45, 2.75) is 44.7 Å². The maximum Gasteiger partial charge on any atom is 0.326 e. The molecule has 0 spiro atoms. The molecule has 5 nitrogen and oxygen atoms in total. The largest absolute Gasteiger partial charge is 0.480 e. The average molecular weight is 214 g/mol. The normalized spacial score (nSPS) is 23.1. The van der Waals surface area contributed by atoms with Crippen molar-refractivity contribution >= 4 is 11.9 Å². The lowest BCUT2D eigenvalue weighted by Gasteiger charge is -2.24. The van der Waals surface area contributed by atoms with Gasteiger partial charge in [0.2, 0.25) is 5.91 Å². The summed E-state index contributed by atoms with van der Waals surface area (Å²) in [6, 6.07) is -0.978. The summed E-state index contributed by atoms with van der Waals surface area (Å²) in [5, 5.41) is 14.4. The molecule has 1 saturated heterocycles. The van der Waals surface area contributed by atoms with Crippen molar-refractivity contribution in [1.82, 2.24) is 10.6 Å². The highest BCUT2D eigenvalue weighted by Gasteiger charge is 2.24. The van der Waals surface area contributed by atoms with Gasteiger partial charge < -0.3 is 15.7 Å². The first-order valence-corrected chi connectivity index (χ1v) is 5.41. The monoisotopic (exact) mass is 214 g/mol. The van der Waals surface area contributed by atoms with Gasteiger partial charge in [-0.1, -0.05) is 13.3 Å². The number of carboxylic acid groups (broad SMARTS) is 1. The number of hydrogen-bond acceptors (Lipinski definition) is 3. The maximum atomic E-state index is 11.6. The molecule has 1 aliphatic heterocycles. The lowest BCUT2D eigenvalue weighted by Crippen LogP contribution is -2.51. The van der Waals surface area contributed by atoms with Gasteiger partial charge in [0.15, 0.2) is 0 Å². The highest BCUT2D eigenvalue weighted by molar-refractivity contribution is 5.86. The van der Waals surface area contributed by atoms with E-state index in [-0.39, 0.29) is 11.9 Å². The molecule has 0 radical (unpaired) electrons. The Bertz CT molecular complexity index is 237. The summed E-state index contributed by atoms with van der Waals surface area (Å²) >= 11 is 0. The van der Waals surface area contributed by atoms with Crippen LogP contribution in [0.15, 0.2) is 0 Å². The summed E-state index contributed by atoms with van der Waals surface area (Å²) in [4.78, 5) is 22.3. The lowest BCUT2D eigenvalue weighted by molar-refractivity contribution is -0.142. The summed E-state index contributed by atoms with van der Waals surface area (Å²) in [6.07, 6.45) is 3.31. The molecule has 1 unspecified atom stereocenters. The van der Waals surface area contributed by atoms with Crippen molar-refractivity contribution in [2.24, 2.45) is 0 Å². The molecule has 3 N–H and O–H groups in total. The van der Waals surface area contributed by atoms with Gasteiger partial charge in [0.1, 0.15) is 6.04 Å². The number of amides is 1. The smallest absolute Gasteiger partial charge is 0.326 e. The van der Waals surface area contributed by atoms with E-state index in [1.807, 2.05) is 0 Å². The third-order valence-electron chi connectivity index (χ3n) is 2.65. The Hall–Kier alpha value is -1.10. The van der Waals surface area contributed by atoms with E-state index >= 15 is 0 Å². The number of rotatable bonds is 4. The van der Waals surface area contributed by atoms with E-state index in [0.717, 1.165) is 25.8 Å². The topological polar surface area (TPSA) is 78.4 Å². The summed E-state index contributed by atoms with van der Waals surface area (Å²) in [5.74, 6) is -1.16. The van der Waals surface area contributed by atoms with Gasteiger partial charge in [0.05, 0.1) is 6.04 Å². The van der Waals surface area contributed by atoms with Gasteiger partial charge in [0, 0.05) is 0 Å². The van der Waals surface area contributed by atoms with E-state index in [1.54, 1.807) is 6.92 Å². The van der Waals surface area contributed by atoms with E-state index in [0.29, 0.717) is 6.42 Å². The van der Waals surface area contributed by atoms with E-state index in [1.165, 1.54) is 0 Å². The van der Waals surface area contributed by atoms with Gasteiger partial charge in [-0.3, -0.25) is 4.79 Å². The van der Waals surface area contributed by atoms with Gasteiger partial charge in [-0.05, 0) is 25.8 Å². The molecule has 5 heteroatoms. The zero-order valence-electron chi connectivity index (χ0n) is 8.95. The highest BCUT2D eigenvalue weighted by atomic mass is 16.4. The van der Waals surface area contributed by atoms with Crippen molar-refractivity contribution in [3.8, 4) is 0 Å². The minimum atomic E-state index is -0.971. The van der Waals surface area contributed by atoms with Crippen LogP contribution in [0.2, 0.25) is 0 Å². The molecule has 86 valence electrons. The van der Waals surface area contributed by atoms with Crippen LogP contribution in [0.3, 0.4) is 0 Å². The van der Waals surface area contributed by atoms with Gasteiger partial charge >= 0.3 is 5.97 Å². The van der Waals surface area contributed by atoms with Crippen molar-refractivity contribution in [3.05, 3.63) is 0 Å². The van der Waals surface area contributed by atoms with E-state index < -0.39 is 12.0 Å². The maximum absolute atomic E-state index is 11.6. The van der Waals surface area contributed by atoms with Crippen molar-refractivity contribution in [1.29, 1.82) is 0 Å². The Morgan fingerprint density at radius 1 is 1.53 bits per heavy atom. The summed E-state index contributed by atoms with van der Waals surface area (Å²) in [7, 11) is 0. The molecule has 1 amide bonds. The van der Waals surface area contributed by atoms with Crippen molar-refractivity contribution in [2.75, 3.05) is 6.54 Å². The molecule has 0 aromatic rings. The molecule has 0 aromatic heterocycles. The highest BCUT2D eigenvalue weighted by Crippen LogP contribution is 2.07. The third kappa shape index (κ3) is 3.51. The molecule has 1 heterocycles. The fourth-order valence-corrected chi connectivity index (χ4v) is 1.69. The second-order valence-electron chi connectivity index (χ2n) is 3.81. The molecule has 1 aliphatic rings.